The molecule has 0 aliphatic rings. The molecule has 0 fully saturated rings. The van der Waals surface area contributed by atoms with E-state index < -0.39 is 18.0 Å². The average molecular weight is 558 g/mol. The first-order valence-corrected chi connectivity index (χ1v) is 12.1. The maximum Gasteiger partial charge on any atom is 0.355 e. The predicted octanol–water partition coefficient (Wildman–Crippen LogP) is 6.45. The molecule has 0 bridgehead atoms. The molecule has 0 spiro atoms. The molecule has 34 heavy (non-hydrogen) atoms. The molecule has 0 aliphatic carbocycles. The van der Waals surface area contributed by atoms with Crippen LogP contribution in [-0.2, 0) is 4.79 Å². The topological polar surface area (TPSA) is 77.0 Å². The van der Waals surface area contributed by atoms with E-state index in [0.717, 1.165) is 14.6 Å². The van der Waals surface area contributed by atoms with Gasteiger partial charge in [0.15, 0.2) is 6.10 Å². The van der Waals surface area contributed by atoms with Crippen molar-refractivity contribution >= 4 is 67.0 Å². The summed E-state index contributed by atoms with van der Waals surface area (Å²) in [7, 11) is 0. The minimum atomic E-state index is -0.779. The van der Waals surface area contributed by atoms with Gasteiger partial charge in [0.05, 0.1) is 15.7 Å². The van der Waals surface area contributed by atoms with Crippen LogP contribution in [0.25, 0.3) is 10.1 Å². The van der Waals surface area contributed by atoms with E-state index in [1.165, 1.54) is 17.6 Å². The summed E-state index contributed by atoms with van der Waals surface area (Å²) in [4.78, 5) is 25.5. The van der Waals surface area contributed by atoms with Crippen molar-refractivity contribution in [1.82, 2.24) is 5.43 Å². The minimum absolute atomic E-state index is 0.288. The van der Waals surface area contributed by atoms with Gasteiger partial charge in [-0.2, -0.15) is 5.10 Å². The lowest BCUT2D eigenvalue weighted by molar-refractivity contribution is -0.127. The number of esters is 1. The molecule has 3 aromatic carbocycles. The van der Waals surface area contributed by atoms with Crippen LogP contribution in [0.5, 0.6) is 11.5 Å². The van der Waals surface area contributed by atoms with E-state index >= 15 is 0 Å². The van der Waals surface area contributed by atoms with Crippen molar-refractivity contribution in [1.29, 1.82) is 0 Å². The number of fused-ring (bicyclic) bond motifs is 1. The highest BCUT2D eigenvalue weighted by molar-refractivity contribution is 9.10. The van der Waals surface area contributed by atoms with Crippen molar-refractivity contribution < 1.29 is 19.1 Å². The summed E-state index contributed by atoms with van der Waals surface area (Å²) in [6, 6.07) is 21.6. The van der Waals surface area contributed by atoms with E-state index in [2.05, 4.69) is 26.5 Å². The number of hydrogen-bond acceptors (Lipinski definition) is 6. The molecule has 9 heteroatoms. The summed E-state index contributed by atoms with van der Waals surface area (Å²) >= 11 is 11.0. The Bertz CT molecular complexity index is 1390. The Balaban J connectivity index is 1.42. The fourth-order valence-electron chi connectivity index (χ4n) is 3.01. The second-order valence-electron chi connectivity index (χ2n) is 7.09. The van der Waals surface area contributed by atoms with Gasteiger partial charge in [0.1, 0.15) is 16.4 Å². The van der Waals surface area contributed by atoms with Crippen molar-refractivity contribution in [2.75, 3.05) is 0 Å². The monoisotopic (exact) mass is 556 g/mol. The molecule has 6 nitrogen and oxygen atoms in total. The van der Waals surface area contributed by atoms with E-state index in [1.807, 2.05) is 42.5 Å². The van der Waals surface area contributed by atoms with E-state index in [1.54, 1.807) is 37.3 Å². The van der Waals surface area contributed by atoms with Crippen LogP contribution < -0.4 is 14.9 Å². The van der Waals surface area contributed by atoms with Crippen LogP contribution in [0.15, 0.2) is 82.4 Å². The third-order valence-corrected chi connectivity index (χ3v) is 7.04. The van der Waals surface area contributed by atoms with Gasteiger partial charge in [-0.1, -0.05) is 54.1 Å². The number of hydrogen-bond donors (Lipinski definition) is 1. The number of para-hydroxylation sites is 2. The lowest BCUT2D eigenvalue weighted by Crippen LogP contribution is -2.33. The Morgan fingerprint density at radius 1 is 1.03 bits per heavy atom. The van der Waals surface area contributed by atoms with Crippen molar-refractivity contribution in [3.63, 3.8) is 0 Å². The summed E-state index contributed by atoms with van der Waals surface area (Å²) in [6.45, 7) is 1.62. The van der Waals surface area contributed by atoms with Crippen molar-refractivity contribution in [2.45, 2.75) is 13.0 Å². The number of nitrogens with one attached hydrogen (secondary N) is 1. The van der Waals surface area contributed by atoms with Crippen LogP contribution >= 0.6 is 38.9 Å². The van der Waals surface area contributed by atoms with Gasteiger partial charge in [0, 0.05) is 15.6 Å². The second kappa shape index (κ2) is 10.8. The van der Waals surface area contributed by atoms with Gasteiger partial charge in [-0.25, -0.2) is 10.2 Å². The lowest BCUT2D eigenvalue weighted by Gasteiger charge is -2.14. The van der Waals surface area contributed by atoms with Crippen LogP contribution in [0.1, 0.15) is 22.2 Å². The first kappa shape index (κ1) is 23.9. The Morgan fingerprint density at radius 3 is 2.47 bits per heavy atom. The molecule has 0 saturated heterocycles. The number of carbonyl (C=O) groups is 2. The molecule has 0 aliphatic heterocycles. The zero-order valence-electron chi connectivity index (χ0n) is 17.8. The fourth-order valence-corrected chi connectivity index (χ4v) is 4.78. The molecule has 1 heterocycles. The molecule has 4 rings (SSSR count). The smallest absolute Gasteiger partial charge is 0.355 e. The van der Waals surface area contributed by atoms with Gasteiger partial charge >= 0.3 is 5.97 Å². The van der Waals surface area contributed by atoms with E-state index in [-0.39, 0.29) is 5.75 Å². The summed E-state index contributed by atoms with van der Waals surface area (Å²) in [5, 5.41) is 5.16. The molecule has 1 N–H and O–H groups in total. The standard InChI is InChI=1S/C25H18BrClN2O4S/c1-15(32-20-12-6-4-10-18(20)26)24(30)29-28-14-16-8-2-5-11-19(16)33-25(31)23-22(27)17-9-3-7-13-21(17)34-23/h2-15H,1H3,(H,29,30)/b28-14+. The van der Waals surface area contributed by atoms with Crippen LogP contribution in [-0.4, -0.2) is 24.2 Å². The third kappa shape index (κ3) is 5.47. The van der Waals surface area contributed by atoms with Crippen LogP contribution in [0.3, 0.4) is 0 Å². The molecule has 1 amide bonds. The second-order valence-corrected chi connectivity index (χ2v) is 9.38. The Kier molecular flexibility index (Phi) is 7.62. The molecular weight excluding hydrogens is 540 g/mol. The maximum atomic E-state index is 12.8. The number of carbonyl (C=O) groups excluding carboxylic acids is 2. The number of halogens is 2. The first-order valence-electron chi connectivity index (χ1n) is 10.2. The Hall–Kier alpha value is -3.20. The number of rotatable bonds is 7. The summed E-state index contributed by atoms with van der Waals surface area (Å²) < 4.78 is 12.9. The molecule has 1 aromatic heterocycles. The summed E-state index contributed by atoms with van der Waals surface area (Å²) in [5.74, 6) is -0.159. The lowest BCUT2D eigenvalue weighted by atomic mass is 10.2. The zero-order chi connectivity index (χ0) is 24.1. The Morgan fingerprint density at radius 2 is 1.71 bits per heavy atom. The van der Waals surface area contributed by atoms with Gasteiger partial charge in [0.2, 0.25) is 0 Å². The van der Waals surface area contributed by atoms with E-state index in [0.29, 0.717) is 21.2 Å². The number of ether oxygens (including phenoxy) is 2. The average Bonchev–Trinajstić information content (AvgIpc) is 3.18. The number of hydrazone groups is 1. The molecule has 1 atom stereocenters. The largest absolute Gasteiger partial charge is 0.480 e. The minimum Gasteiger partial charge on any atom is -0.480 e. The molecule has 0 radical (unpaired) electrons. The molecule has 172 valence electrons. The van der Waals surface area contributed by atoms with Crippen LogP contribution in [0.4, 0.5) is 0 Å². The fraction of sp³-hybridized carbons (Fsp3) is 0.0800. The first-order chi connectivity index (χ1) is 16.4. The van der Waals surface area contributed by atoms with Crippen molar-refractivity contribution in [2.24, 2.45) is 5.10 Å². The Labute approximate surface area is 213 Å². The van der Waals surface area contributed by atoms with Crippen molar-refractivity contribution in [3.05, 3.63) is 92.7 Å². The highest BCUT2D eigenvalue weighted by atomic mass is 79.9. The van der Waals surface area contributed by atoms with E-state index in [9.17, 15) is 9.59 Å². The highest BCUT2D eigenvalue weighted by Crippen LogP contribution is 2.36. The highest BCUT2D eigenvalue weighted by Gasteiger charge is 2.20. The molecular formula is C25H18BrClN2O4S. The van der Waals surface area contributed by atoms with Gasteiger partial charge in [-0.05, 0) is 53.2 Å². The number of nitrogens with zero attached hydrogens (tertiary/aromatic N) is 1. The van der Waals surface area contributed by atoms with Gasteiger partial charge in [-0.3, -0.25) is 4.79 Å². The normalized spacial score (nSPS) is 12.0. The van der Waals surface area contributed by atoms with Crippen LogP contribution in [0.2, 0.25) is 5.02 Å². The summed E-state index contributed by atoms with van der Waals surface area (Å²) in [6.07, 6.45) is 0.622. The molecule has 1 unspecified atom stereocenters. The maximum absolute atomic E-state index is 12.8. The SMILES string of the molecule is CC(Oc1ccccc1Br)C(=O)N/N=C/c1ccccc1OC(=O)c1sc2ccccc2c1Cl. The van der Waals surface area contributed by atoms with Gasteiger partial charge in [-0.15, -0.1) is 11.3 Å². The number of amides is 1. The number of thiophene rings is 1. The number of benzene rings is 3. The quantitative estimate of drug-likeness (QED) is 0.123. The molecule has 0 saturated carbocycles. The third-order valence-electron chi connectivity index (χ3n) is 4.73. The van der Waals surface area contributed by atoms with Crippen LogP contribution in [0, 0.1) is 0 Å². The zero-order valence-corrected chi connectivity index (χ0v) is 21.0. The van der Waals surface area contributed by atoms with Gasteiger partial charge < -0.3 is 9.47 Å². The summed E-state index contributed by atoms with van der Waals surface area (Å²) in [5.41, 5.74) is 2.95. The van der Waals surface area contributed by atoms with Crippen molar-refractivity contribution in [3.8, 4) is 11.5 Å². The predicted molar refractivity (Wildman–Crippen MR) is 138 cm³/mol. The van der Waals surface area contributed by atoms with Gasteiger partial charge in [0.25, 0.3) is 5.91 Å². The molecule has 4 aromatic rings. The van der Waals surface area contributed by atoms with E-state index in [4.69, 9.17) is 21.1 Å².